The highest BCUT2D eigenvalue weighted by Gasteiger charge is 2.15. The first-order chi connectivity index (χ1) is 9.84. The van der Waals surface area contributed by atoms with Crippen LogP contribution in [0, 0.1) is 0 Å². The number of aromatic nitrogens is 1. The highest BCUT2D eigenvalue weighted by molar-refractivity contribution is 7.98. The molecule has 2 nitrogen and oxygen atoms in total. The van der Waals surface area contributed by atoms with Crippen LogP contribution in [-0.4, -0.2) is 18.1 Å². The predicted octanol–water partition coefficient (Wildman–Crippen LogP) is 3.72. The second kappa shape index (κ2) is 6.61. The van der Waals surface area contributed by atoms with Gasteiger partial charge in [0.1, 0.15) is 0 Å². The molecule has 0 radical (unpaired) electrons. The lowest BCUT2D eigenvalue weighted by Gasteiger charge is -2.13. The number of pyridine rings is 1. The minimum absolute atomic E-state index is 0.875. The Bertz CT molecular complexity index is 587. The highest BCUT2D eigenvalue weighted by atomic mass is 35.5. The molecule has 3 rings (SSSR count). The van der Waals surface area contributed by atoms with Crippen molar-refractivity contribution in [2.24, 2.45) is 0 Å². The lowest BCUT2D eigenvalue weighted by atomic mass is 10.0. The van der Waals surface area contributed by atoms with Crippen molar-refractivity contribution in [3.8, 4) is 0 Å². The van der Waals surface area contributed by atoms with Gasteiger partial charge in [-0.3, -0.25) is 4.98 Å². The van der Waals surface area contributed by atoms with Crippen LogP contribution in [0.15, 0.2) is 41.6 Å². The standard InChI is InChI=1S/C16H17ClN2S/c17-15-4-3-13-5-8-18-9-6-14(13)16(15)20-11-12-2-1-7-19-10-12/h1-4,7,10,18H,5-6,8-9,11H2. The lowest BCUT2D eigenvalue weighted by molar-refractivity contribution is 0.709. The zero-order chi connectivity index (χ0) is 13.8. The van der Waals surface area contributed by atoms with Crippen molar-refractivity contribution >= 4 is 23.4 Å². The Hall–Kier alpha value is -1.03. The maximum absolute atomic E-state index is 6.42. The molecule has 1 aromatic carbocycles. The minimum Gasteiger partial charge on any atom is -0.316 e. The molecule has 0 amide bonds. The van der Waals surface area contributed by atoms with Gasteiger partial charge in [-0.05, 0) is 54.8 Å². The molecule has 4 heteroatoms. The summed E-state index contributed by atoms with van der Waals surface area (Å²) in [4.78, 5) is 5.41. The summed E-state index contributed by atoms with van der Waals surface area (Å²) >= 11 is 8.25. The fraction of sp³-hybridized carbons (Fsp3) is 0.312. The van der Waals surface area contributed by atoms with Gasteiger partial charge in [0.15, 0.2) is 0 Å². The quantitative estimate of drug-likeness (QED) is 0.875. The molecule has 1 aliphatic heterocycles. The van der Waals surface area contributed by atoms with Gasteiger partial charge in [0.05, 0.1) is 5.02 Å². The number of nitrogens with zero attached hydrogens (tertiary/aromatic N) is 1. The molecule has 1 N–H and O–H groups in total. The van der Waals surface area contributed by atoms with Crippen molar-refractivity contribution < 1.29 is 0 Å². The number of fused-ring (bicyclic) bond motifs is 1. The van der Waals surface area contributed by atoms with Crippen LogP contribution in [0.1, 0.15) is 16.7 Å². The number of thioether (sulfide) groups is 1. The Kier molecular flexibility index (Phi) is 4.61. The average Bonchev–Trinajstić information content (AvgIpc) is 2.73. The fourth-order valence-corrected chi connectivity index (χ4v) is 3.94. The third-order valence-electron chi connectivity index (χ3n) is 3.54. The molecule has 1 aromatic heterocycles. The summed E-state index contributed by atoms with van der Waals surface area (Å²) in [6.45, 7) is 2.09. The first kappa shape index (κ1) is 13.9. The molecule has 0 aliphatic carbocycles. The van der Waals surface area contributed by atoms with Crippen LogP contribution < -0.4 is 5.32 Å². The molecule has 2 heterocycles. The summed E-state index contributed by atoms with van der Waals surface area (Å²) in [5.41, 5.74) is 4.10. The monoisotopic (exact) mass is 304 g/mol. The molecule has 0 unspecified atom stereocenters. The van der Waals surface area contributed by atoms with Gasteiger partial charge < -0.3 is 5.32 Å². The zero-order valence-electron chi connectivity index (χ0n) is 11.2. The van der Waals surface area contributed by atoms with Crippen molar-refractivity contribution in [3.63, 3.8) is 0 Å². The van der Waals surface area contributed by atoms with Gasteiger partial charge in [0.25, 0.3) is 0 Å². The van der Waals surface area contributed by atoms with Crippen LogP contribution in [-0.2, 0) is 18.6 Å². The van der Waals surface area contributed by atoms with E-state index in [-0.39, 0.29) is 0 Å². The zero-order valence-corrected chi connectivity index (χ0v) is 12.8. The van der Waals surface area contributed by atoms with Crippen LogP contribution in [0.3, 0.4) is 0 Å². The number of hydrogen-bond acceptors (Lipinski definition) is 3. The van der Waals surface area contributed by atoms with E-state index < -0.39 is 0 Å². The normalized spacial score (nSPS) is 14.7. The van der Waals surface area contributed by atoms with Crippen molar-refractivity contribution in [2.75, 3.05) is 13.1 Å². The topological polar surface area (TPSA) is 24.9 Å². The number of nitrogens with one attached hydrogen (secondary N) is 1. The fourth-order valence-electron chi connectivity index (χ4n) is 2.50. The Balaban J connectivity index is 1.85. The van der Waals surface area contributed by atoms with Crippen LogP contribution in [0.25, 0.3) is 0 Å². The molecule has 0 saturated carbocycles. The largest absolute Gasteiger partial charge is 0.316 e. The van der Waals surface area contributed by atoms with Crippen LogP contribution in [0.5, 0.6) is 0 Å². The molecule has 2 aromatic rings. The van der Waals surface area contributed by atoms with Gasteiger partial charge in [-0.15, -0.1) is 11.8 Å². The van der Waals surface area contributed by atoms with Crippen molar-refractivity contribution in [2.45, 2.75) is 23.5 Å². The lowest BCUT2D eigenvalue weighted by Crippen LogP contribution is -2.16. The maximum atomic E-state index is 6.42. The van der Waals surface area contributed by atoms with E-state index in [1.54, 1.807) is 6.20 Å². The number of halogens is 1. The first-order valence-electron chi connectivity index (χ1n) is 6.87. The second-order valence-electron chi connectivity index (χ2n) is 4.91. The van der Waals surface area contributed by atoms with Gasteiger partial charge in [-0.25, -0.2) is 0 Å². The molecule has 20 heavy (non-hydrogen) atoms. The number of rotatable bonds is 3. The van der Waals surface area contributed by atoms with Gasteiger partial charge in [-0.2, -0.15) is 0 Å². The van der Waals surface area contributed by atoms with Crippen LogP contribution >= 0.6 is 23.4 Å². The van der Waals surface area contributed by atoms with E-state index in [9.17, 15) is 0 Å². The summed E-state index contributed by atoms with van der Waals surface area (Å²) in [5.74, 6) is 0.914. The van der Waals surface area contributed by atoms with Crippen molar-refractivity contribution in [1.29, 1.82) is 0 Å². The Morgan fingerprint density at radius 3 is 2.95 bits per heavy atom. The van der Waals surface area contributed by atoms with Gasteiger partial charge in [-0.1, -0.05) is 23.7 Å². The highest BCUT2D eigenvalue weighted by Crippen LogP contribution is 2.35. The maximum Gasteiger partial charge on any atom is 0.0544 e. The van der Waals surface area contributed by atoms with E-state index in [0.29, 0.717) is 0 Å². The van der Waals surface area contributed by atoms with Crippen LogP contribution in [0.4, 0.5) is 0 Å². The Morgan fingerprint density at radius 2 is 2.10 bits per heavy atom. The van der Waals surface area contributed by atoms with Crippen molar-refractivity contribution in [3.05, 3.63) is 58.4 Å². The third-order valence-corrected chi connectivity index (χ3v) is 5.20. The molecular formula is C16H17ClN2S. The van der Waals surface area contributed by atoms with E-state index in [4.69, 9.17) is 11.6 Å². The minimum atomic E-state index is 0.875. The second-order valence-corrected chi connectivity index (χ2v) is 6.31. The average molecular weight is 305 g/mol. The molecule has 0 saturated heterocycles. The van der Waals surface area contributed by atoms with Crippen LogP contribution in [0.2, 0.25) is 5.02 Å². The van der Waals surface area contributed by atoms with E-state index in [1.165, 1.54) is 21.6 Å². The SMILES string of the molecule is Clc1ccc2c(c1SCc1cccnc1)CCNCC2. The summed E-state index contributed by atoms with van der Waals surface area (Å²) in [5, 5.41) is 4.33. The first-order valence-corrected chi connectivity index (χ1v) is 8.23. The van der Waals surface area contributed by atoms with Gasteiger partial charge in [0, 0.05) is 23.0 Å². The molecule has 0 atom stereocenters. The summed E-state index contributed by atoms with van der Waals surface area (Å²) in [7, 11) is 0. The number of hydrogen-bond donors (Lipinski definition) is 1. The summed E-state index contributed by atoms with van der Waals surface area (Å²) in [6.07, 6.45) is 5.88. The smallest absolute Gasteiger partial charge is 0.0544 e. The van der Waals surface area contributed by atoms with E-state index >= 15 is 0 Å². The van der Waals surface area contributed by atoms with E-state index in [1.807, 2.05) is 30.1 Å². The molecule has 1 aliphatic rings. The van der Waals surface area contributed by atoms with E-state index in [0.717, 1.165) is 36.7 Å². The van der Waals surface area contributed by atoms with Crippen molar-refractivity contribution in [1.82, 2.24) is 10.3 Å². The van der Waals surface area contributed by atoms with Gasteiger partial charge >= 0.3 is 0 Å². The summed E-state index contributed by atoms with van der Waals surface area (Å²) in [6, 6.07) is 8.31. The van der Waals surface area contributed by atoms with E-state index in [2.05, 4.69) is 22.4 Å². The Morgan fingerprint density at radius 1 is 1.20 bits per heavy atom. The Labute approximate surface area is 129 Å². The third kappa shape index (κ3) is 3.17. The molecule has 0 fully saturated rings. The molecule has 0 bridgehead atoms. The van der Waals surface area contributed by atoms with Gasteiger partial charge in [0.2, 0.25) is 0 Å². The molecule has 0 spiro atoms. The summed E-state index contributed by atoms with van der Waals surface area (Å²) < 4.78 is 0. The molecule has 104 valence electrons. The predicted molar refractivity (Wildman–Crippen MR) is 85.5 cm³/mol. The number of benzene rings is 1. The molecular weight excluding hydrogens is 288 g/mol.